The highest BCUT2D eigenvalue weighted by Crippen LogP contribution is 2.25. The van der Waals surface area contributed by atoms with E-state index in [0.29, 0.717) is 18.0 Å². The molecule has 0 fully saturated rings. The number of aryl methyl sites for hydroxylation is 1. The van der Waals surface area contributed by atoms with Gasteiger partial charge in [0.05, 0.1) is 17.2 Å². The summed E-state index contributed by atoms with van der Waals surface area (Å²) in [5, 5.41) is 4.34. The zero-order chi connectivity index (χ0) is 18.9. The molecule has 8 heteroatoms. The molecule has 0 aromatic carbocycles. The third kappa shape index (κ3) is 4.01. The van der Waals surface area contributed by atoms with E-state index in [1.54, 1.807) is 28.0 Å². The standard InChI is InChI=1S/C18H20BrN5O2/c1-12-8-15(24-16(22-12)14(19)10-21-24)23(17(25)26-18(2,3)4)11-13-6-5-7-20-9-13/h5-10H,11H2,1-4H3. The molecule has 0 radical (unpaired) electrons. The topological polar surface area (TPSA) is 72.6 Å². The van der Waals surface area contributed by atoms with Crippen molar-refractivity contribution in [1.82, 2.24) is 19.6 Å². The molecule has 7 nitrogen and oxygen atoms in total. The zero-order valence-corrected chi connectivity index (χ0v) is 16.7. The Balaban J connectivity index is 2.10. The monoisotopic (exact) mass is 417 g/mol. The highest BCUT2D eigenvalue weighted by Gasteiger charge is 2.26. The minimum Gasteiger partial charge on any atom is -0.443 e. The van der Waals surface area contributed by atoms with Gasteiger partial charge < -0.3 is 4.74 Å². The Morgan fingerprint density at radius 2 is 2.12 bits per heavy atom. The summed E-state index contributed by atoms with van der Waals surface area (Å²) in [6.07, 6.45) is 4.62. The van der Waals surface area contributed by atoms with E-state index in [-0.39, 0.29) is 0 Å². The third-order valence-corrected chi connectivity index (χ3v) is 4.05. The molecule has 1 amide bonds. The number of nitrogens with zero attached hydrogens (tertiary/aromatic N) is 5. The first-order chi connectivity index (χ1) is 12.2. The molecule has 3 rings (SSSR count). The molecule has 0 N–H and O–H groups in total. The lowest BCUT2D eigenvalue weighted by molar-refractivity contribution is 0.0575. The second-order valence-electron chi connectivity index (χ2n) is 6.91. The molecule has 3 heterocycles. The Morgan fingerprint density at radius 1 is 1.35 bits per heavy atom. The molecule has 0 aliphatic heterocycles. The molecule has 0 atom stereocenters. The molecule has 3 aromatic rings. The van der Waals surface area contributed by atoms with Crippen molar-refractivity contribution < 1.29 is 9.53 Å². The largest absolute Gasteiger partial charge is 0.443 e. The van der Waals surface area contributed by atoms with Gasteiger partial charge in [-0.1, -0.05) is 6.07 Å². The van der Waals surface area contributed by atoms with E-state index in [0.717, 1.165) is 15.7 Å². The van der Waals surface area contributed by atoms with Crippen molar-refractivity contribution in [2.75, 3.05) is 4.90 Å². The SMILES string of the molecule is Cc1cc(N(Cc2cccnc2)C(=O)OC(C)(C)C)n2ncc(Br)c2n1. The van der Waals surface area contributed by atoms with Gasteiger partial charge in [0.1, 0.15) is 11.4 Å². The lowest BCUT2D eigenvalue weighted by Crippen LogP contribution is -2.37. The Hall–Kier alpha value is -2.48. The van der Waals surface area contributed by atoms with Crippen LogP contribution in [-0.2, 0) is 11.3 Å². The Labute approximate surface area is 160 Å². The molecule has 0 bridgehead atoms. The van der Waals surface area contributed by atoms with Gasteiger partial charge in [-0.15, -0.1) is 0 Å². The maximum Gasteiger partial charge on any atom is 0.416 e. The van der Waals surface area contributed by atoms with Crippen LogP contribution in [0, 0.1) is 6.92 Å². The molecular weight excluding hydrogens is 398 g/mol. The van der Waals surface area contributed by atoms with E-state index in [4.69, 9.17) is 4.74 Å². The minimum absolute atomic E-state index is 0.304. The number of rotatable bonds is 3. The van der Waals surface area contributed by atoms with E-state index < -0.39 is 11.7 Å². The predicted molar refractivity (Wildman–Crippen MR) is 102 cm³/mol. The fraction of sp³-hybridized carbons (Fsp3) is 0.333. The van der Waals surface area contributed by atoms with Gasteiger partial charge in [0.25, 0.3) is 0 Å². The van der Waals surface area contributed by atoms with Crippen LogP contribution in [0.1, 0.15) is 32.0 Å². The predicted octanol–water partition coefficient (Wildman–Crippen LogP) is 4.14. The van der Waals surface area contributed by atoms with E-state index in [2.05, 4.69) is 31.0 Å². The number of ether oxygens (including phenoxy) is 1. The number of aromatic nitrogens is 4. The molecular formula is C18H20BrN5O2. The number of fused-ring (bicyclic) bond motifs is 1. The molecule has 136 valence electrons. The number of anilines is 1. The number of hydrogen-bond donors (Lipinski definition) is 0. The van der Waals surface area contributed by atoms with Crippen molar-refractivity contribution >= 4 is 33.5 Å². The summed E-state index contributed by atoms with van der Waals surface area (Å²) in [6, 6.07) is 5.56. The lowest BCUT2D eigenvalue weighted by Gasteiger charge is -2.27. The third-order valence-electron chi connectivity index (χ3n) is 3.49. The van der Waals surface area contributed by atoms with Crippen LogP contribution in [0.3, 0.4) is 0 Å². The van der Waals surface area contributed by atoms with Gasteiger partial charge in [0.2, 0.25) is 0 Å². The van der Waals surface area contributed by atoms with E-state index >= 15 is 0 Å². The number of carbonyl (C=O) groups excluding carboxylic acids is 1. The van der Waals surface area contributed by atoms with E-state index in [9.17, 15) is 4.79 Å². The van der Waals surface area contributed by atoms with Crippen molar-refractivity contribution in [3.63, 3.8) is 0 Å². The van der Waals surface area contributed by atoms with Crippen molar-refractivity contribution in [2.45, 2.75) is 39.8 Å². The molecule has 0 aliphatic carbocycles. The van der Waals surface area contributed by atoms with Crippen LogP contribution in [0.2, 0.25) is 0 Å². The van der Waals surface area contributed by atoms with Crippen molar-refractivity contribution in [3.05, 3.63) is 52.5 Å². The number of pyridine rings is 1. The molecule has 3 aromatic heterocycles. The molecule has 0 aliphatic rings. The molecule has 0 saturated carbocycles. The van der Waals surface area contributed by atoms with Crippen LogP contribution in [-0.4, -0.2) is 31.3 Å². The van der Waals surface area contributed by atoms with Gasteiger partial charge in [-0.05, 0) is 55.3 Å². The van der Waals surface area contributed by atoms with Crippen LogP contribution >= 0.6 is 15.9 Å². The quantitative estimate of drug-likeness (QED) is 0.640. The smallest absolute Gasteiger partial charge is 0.416 e. The van der Waals surface area contributed by atoms with Crippen LogP contribution in [0.15, 0.2) is 41.3 Å². The van der Waals surface area contributed by atoms with Gasteiger partial charge in [0, 0.05) is 24.2 Å². The molecule has 26 heavy (non-hydrogen) atoms. The summed E-state index contributed by atoms with van der Waals surface area (Å²) < 4.78 is 8.00. The van der Waals surface area contributed by atoms with E-state index in [1.807, 2.05) is 45.9 Å². The Morgan fingerprint density at radius 3 is 2.77 bits per heavy atom. The summed E-state index contributed by atoms with van der Waals surface area (Å²) in [5.74, 6) is 0.580. The van der Waals surface area contributed by atoms with Gasteiger partial charge >= 0.3 is 6.09 Å². The summed E-state index contributed by atoms with van der Waals surface area (Å²) in [4.78, 5) is 23.1. The minimum atomic E-state index is -0.615. The first kappa shape index (κ1) is 18.3. The first-order valence-corrected chi connectivity index (χ1v) is 8.94. The van der Waals surface area contributed by atoms with Crippen molar-refractivity contribution in [3.8, 4) is 0 Å². The zero-order valence-electron chi connectivity index (χ0n) is 15.1. The van der Waals surface area contributed by atoms with Gasteiger partial charge in [0.15, 0.2) is 5.65 Å². The average Bonchev–Trinajstić information content (AvgIpc) is 2.92. The number of hydrogen-bond acceptors (Lipinski definition) is 5. The second-order valence-corrected chi connectivity index (χ2v) is 7.77. The lowest BCUT2D eigenvalue weighted by atomic mass is 10.2. The first-order valence-electron chi connectivity index (χ1n) is 8.15. The molecule has 0 spiro atoms. The van der Waals surface area contributed by atoms with Crippen molar-refractivity contribution in [2.24, 2.45) is 0 Å². The highest BCUT2D eigenvalue weighted by molar-refractivity contribution is 9.10. The van der Waals surface area contributed by atoms with Crippen LogP contribution < -0.4 is 4.90 Å². The maximum absolute atomic E-state index is 12.9. The van der Waals surface area contributed by atoms with Gasteiger partial charge in [-0.2, -0.15) is 9.61 Å². The van der Waals surface area contributed by atoms with E-state index in [1.165, 1.54) is 0 Å². The summed E-state index contributed by atoms with van der Waals surface area (Å²) in [6.45, 7) is 7.69. The Bertz CT molecular complexity index is 934. The number of carbonyl (C=O) groups is 1. The van der Waals surface area contributed by atoms with Crippen LogP contribution in [0.25, 0.3) is 5.65 Å². The summed E-state index contributed by atoms with van der Waals surface area (Å²) in [7, 11) is 0. The van der Waals surface area contributed by atoms with Crippen molar-refractivity contribution in [1.29, 1.82) is 0 Å². The number of halogens is 1. The molecule has 0 saturated heterocycles. The fourth-order valence-electron chi connectivity index (χ4n) is 2.46. The van der Waals surface area contributed by atoms with Gasteiger partial charge in [-0.3, -0.25) is 9.88 Å². The van der Waals surface area contributed by atoms with Crippen LogP contribution in [0.4, 0.5) is 10.6 Å². The summed E-state index contributed by atoms with van der Waals surface area (Å²) in [5.41, 5.74) is 1.68. The highest BCUT2D eigenvalue weighted by atomic mass is 79.9. The van der Waals surface area contributed by atoms with Crippen LogP contribution in [0.5, 0.6) is 0 Å². The number of amides is 1. The Kier molecular flexibility index (Phi) is 4.95. The summed E-state index contributed by atoms with van der Waals surface area (Å²) >= 11 is 3.45. The average molecular weight is 418 g/mol. The second kappa shape index (κ2) is 7.03. The van der Waals surface area contributed by atoms with Gasteiger partial charge in [-0.25, -0.2) is 9.78 Å². The molecule has 0 unspecified atom stereocenters. The maximum atomic E-state index is 12.9. The normalized spacial score (nSPS) is 11.6. The fourth-order valence-corrected chi connectivity index (χ4v) is 2.81.